The van der Waals surface area contributed by atoms with Crippen LogP contribution in [0.5, 0.6) is 17.5 Å². The van der Waals surface area contributed by atoms with Crippen LogP contribution in [-0.4, -0.2) is 87.5 Å². The number of para-hydroxylation sites is 1. The van der Waals surface area contributed by atoms with Crippen molar-refractivity contribution < 1.29 is 31.9 Å². The molecule has 1 aliphatic rings. The molecule has 5 rings (SSSR count). The number of ether oxygens (including phenoxy) is 4. The highest BCUT2D eigenvalue weighted by Gasteiger charge is 2.16. The summed E-state index contributed by atoms with van der Waals surface area (Å²) in [5, 5.41) is 5.52. The predicted molar refractivity (Wildman–Crippen MR) is 161 cm³/mol. The zero-order chi connectivity index (χ0) is 30.0. The zero-order valence-electron chi connectivity index (χ0n) is 23.6. The van der Waals surface area contributed by atoms with Crippen molar-refractivity contribution in [2.75, 3.05) is 63.7 Å². The zero-order valence-corrected chi connectivity index (χ0v) is 24.4. The molecule has 0 atom stereocenters. The minimum Gasteiger partial charge on any atom is -0.493 e. The summed E-state index contributed by atoms with van der Waals surface area (Å²) in [7, 11) is -0.422. The number of hydrazone groups is 1. The van der Waals surface area contributed by atoms with Crippen molar-refractivity contribution in [3.63, 3.8) is 0 Å². The van der Waals surface area contributed by atoms with E-state index in [-0.39, 0.29) is 6.01 Å². The molecule has 1 fully saturated rings. The van der Waals surface area contributed by atoms with Gasteiger partial charge in [0.15, 0.2) is 17.3 Å². The summed E-state index contributed by atoms with van der Waals surface area (Å²) in [6.07, 6.45) is 5.07. The molecule has 0 radical (unpaired) electrons. The van der Waals surface area contributed by atoms with Gasteiger partial charge in [-0.1, -0.05) is 24.3 Å². The number of nitrogens with zero attached hydrogens (tertiary/aromatic N) is 4. The van der Waals surface area contributed by atoms with Crippen molar-refractivity contribution in [1.29, 1.82) is 0 Å². The van der Waals surface area contributed by atoms with E-state index in [1.807, 2.05) is 48.7 Å². The smallest absolute Gasteiger partial charge is 0.320 e. The lowest BCUT2D eigenvalue weighted by Crippen LogP contribution is -2.36. The van der Waals surface area contributed by atoms with E-state index in [1.165, 1.54) is 0 Å². The molecule has 0 bridgehead atoms. The Labute approximate surface area is 244 Å². The van der Waals surface area contributed by atoms with Crippen molar-refractivity contribution in [3.8, 4) is 17.5 Å². The van der Waals surface area contributed by atoms with Gasteiger partial charge in [0.25, 0.3) is 10.1 Å². The summed E-state index contributed by atoms with van der Waals surface area (Å²) in [6, 6.07) is 16.1. The molecule has 1 aliphatic heterocycles. The largest absolute Gasteiger partial charge is 0.493 e. The molecule has 0 amide bonds. The highest BCUT2D eigenvalue weighted by atomic mass is 32.2. The Morgan fingerprint density at radius 3 is 2.57 bits per heavy atom. The molecule has 1 saturated heterocycles. The third-order valence-electron chi connectivity index (χ3n) is 6.10. The Kier molecular flexibility index (Phi) is 10.5. The SMILES string of the molecule is COc1ccc(CCOc2nc(N/N=C/c3c[nH]c4ccccc34)cc(N3CCOCC3)n2)cc1OC.CS(=O)(=O)O. The number of benzene rings is 2. The Balaban J connectivity index is 0.000000748. The van der Waals surface area contributed by atoms with Crippen molar-refractivity contribution in [1.82, 2.24) is 15.0 Å². The highest BCUT2D eigenvalue weighted by molar-refractivity contribution is 7.85. The van der Waals surface area contributed by atoms with Crippen LogP contribution in [-0.2, 0) is 21.3 Å². The predicted octanol–water partition coefficient (Wildman–Crippen LogP) is 3.38. The highest BCUT2D eigenvalue weighted by Crippen LogP contribution is 2.28. The molecule has 14 heteroatoms. The quantitative estimate of drug-likeness (QED) is 0.139. The molecule has 42 heavy (non-hydrogen) atoms. The molecule has 3 N–H and O–H groups in total. The number of rotatable bonds is 10. The van der Waals surface area contributed by atoms with Crippen LogP contribution in [0.15, 0.2) is 59.8 Å². The monoisotopic (exact) mass is 598 g/mol. The third kappa shape index (κ3) is 9.06. The van der Waals surface area contributed by atoms with E-state index >= 15 is 0 Å². The number of hydrogen-bond acceptors (Lipinski definition) is 11. The first-order valence-corrected chi connectivity index (χ1v) is 14.9. The van der Waals surface area contributed by atoms with Gasteiger partial charge in [-0.25, -0.2) is 0 Å². The number of morpholine rings is 1. The van der Waals surface area contributed by atoms with E-state index in [4.69, 9.17) is 23.5 Å². The van der Waals surface area contributed by atoms with Crippen molar-refractivity contribution in [2.24, 2.45) is 5.10 Å². The van der Waals surface area contributed by atoms with Crippen molar-refractivity contribution >= 4 is 38.9 Å². The number of anilines is 2. The number of hydrogen-bond donors (Lipinski definition) is 3. The van der Waals surface area contributed by atoms with Gasteiger partial charge in [-0.15, -0.1) is 0 Å². The van der Waals surface area contributed by atoms with Gasteiger partial charge in [0.2, 0.25) is 0 Å². The summed E-state index contributed by atoms with van der Waals surface area (Å²) >= 11 is 0. The third-order valence-corrected chi connectivity index (χ3v) is 6.10. The van der Waals surface area contributed by atoms with Crippen LogP contribution in [0.1, 0.15) is 11.1 Å². The molecule has 0 spiro atoms. The van der Waals surface area contributed by atoms with Crippen LogP contribution in [0.3, 0.4) is 0 Å². The van der Waals surface area contributed by atoms with Crippen molar-refractivity contribution in [3.05, 3.63) is 65.9 Å². The fourth-order valence-electron chi connectivity index (χ4n) is 4.15. The molecule has 4 aromatic rings. The van der Waals surface area contributed by atoms with Crippen LogP contribution < -0.4 is 24.5 Å². The fourth-order valence-corrected chi connectivity index (χ4v) is 4.15. The number of nitrogens with one attached hydrogen (secondary N) is 2. The average Bonchev–Trinajstić information content (AvgIpc) is 3.39. The second-order valence-corrected chi connectivity index (χ2v) is 10.6. The standard InChI is InChI=1S/C27H30N6O4.CH4O3S/c1-34-23-8-7-19(15-24(23)35-2)9-12-37-27-30-25(16-26(31-27)33-10-13-36-14-11-33)32-29-18-20-17-28-22-6-4-3-5-21(20)22;1-5(2,3)4/h3-8,15-18,28H,9-14H2,1-2H3,(H,30,31,32);1H3,(H,2,3,4)/b29-18+;. The lowest BCUT2D eigenvalue weighted by atomic mass is 10.1. The summed E-state index contributed by atoms with van der Waals surface area (Å²) in [4.78, 5) is 14.6. The molecule has 0 aliphatic carbocycles. The number of methoxy groups -OCH3 is 2. The second kappa shape index (κ2) is 14.5. The van der Waals surface area contributed by atoms with E-state index in [0.29, 0.717) is 49.8 Å². The van der Waals surface area contributed by atoms with Gasteiger partial charge in [-0.3, -0.25) is 9.98 Å². The molecule has 2 aromatic heterocycles. The van der Waals surface area contributed by atoms with E-state index in [2.05, 4.69) is 36.4 Å². The Morgan fingerprint density at radius 1 is 1.10 bits per heavy atom. The van der Waals surface area contributed by atoms with Crippen LogP contribution >= 0.6 is 0 Å². The minimum atomic E-state index is -3.67. The van der Waals surface area contributed by atoms with Gasteiger partial charge in [-0.2, -0.15) is 23.5 Å². The normalized spacial score (nSPS) is 13.5. The lowest BCUT2D eigenvalue weighted by Gasteiger charge is -2.28. The fraction of sp³-hybridized carbons (Fsp3) is 0.321. The van der Waals surface area contributed by atoms with E-state index in [0.717, 1.165) is 40.9 Å². The molecule has 0 unspecified atom stereocenters. The Bertz CT molecular complexity index is 1600. The Morgan fingerprint density at radius 2 is 1.83 bits per heavy atom. The summed E-state index contributed by atoms with van der Waals surface area (Å²) in [6.45, 7) is 3.21. The van der Waals surface area contributed by atoms with Crippen molar-refractivity contribution in [2.45, 2.75) is 6.42 Å². The molecular weight excluding hydrogens is 564 g/mol. The number of H-pyrrole nitrogens is 1. The maximum atomic E-state index is 9.19. The van der Waals surface area contributed by atoms with E-state index in [1.54, 1.807) is 20.4 Å². The topological polar surface area (TPSA) is 160 Å². The first-order valence-electron chi connectivity index (χ1n) is 13.1. The number of fused-ring (bicyclic) bond motifs is 1. The van der Waals surface area contributed by atoms with Crippen LogP contribution in [0.25, 0.3) is 10.9 Å². The molecule has 2 aromatic carbocycles. The maximum Gasteiger partial charge on any atom is 0.320 e. The van der Waals surface area contributed by atoms with E-state index in [9.17, 15) is 8.42 Å². The van der Waals surface area contributed by atoms with Crippen LogP contribution in [0, 0.1) is 0 Å². The van der Waals surface area contributed by atoms with Gasteiger partial charge in [0.05, 0.1) is 46.5 Å². The van der Waals surface area contributed by atoms with Gasteiger partial charge >= 0.3 is 6.01 Å². The van der Waals surface area contributed by atoms with Crippen LogP contribution in [0.2, 0.25) is 0 Å². The number of aromatic amines is 1. The molecule has 3 heterocycles. The molecular formula is C28H34N6O7S. The summed E-state index contributed by atoms with van der Waals surface area (Å²) in [5.41, 5.74) is 6.14. The summed E-state index contributed by atoms with van der Waals surface area (Å²) < 4.78 is 48.0. The molecule has 0 saturated carbocycles. The Hall–Kier alpha value is -4.40. The van der Waals surface area contributed by atoms with Gasteiger partial charge < -0.3 is 28.8 Å². The van der Waals surface area contributed by atoms with Gasteiger partial charge in [0.1, 0.15) is 5.82 Å². The minimum absolute atomic E-state index is 0.286. The maximum absolute atomic E-state index is 9.19. The summed E-state index contributed by atoms with van der Waals surface area (Å²) in [5.74, 6) is 2.70. The van der Waals surface area contributed by atoms with Crippen LogP contribution in [0.4, 0.5) is 11.6 Å². The average molecular weight is 599 g/mol. The molecule has 13 nitrogen and oxygen atoms in total. The second-order valence-electron chi connectivity index (χ2n) is 9.17. The van der Waals surface area contributed by atoms with Gasteiger partial charge in [0, 0.05) is 48.2 Å². The molecule has 224 valence electrons. The van der Waals surface area contributed by atoms with Gasteiger partial charge in [-0.05, 0) is 23.8 Å². The lowest BCUT2D eigenvalue weighted by molar-refractivity contribution is 0.122. The first-order chi connectivity index (χ1) is 20.2. The first kappa shape index (κ1) is 30.6. The number of aromatic nitrogens is 3. The van der Waals surface area contributed by atoms with E-state index < -0.39 is 10.1 Å².